The predicted molar refractivity (Wildman–Crippen MR) is 58.9 cm³/mol. The van der Waals surface area contributed by atoms with Gasteiger partial charge < -0.3 is 4.74 Å². The van der Waals surface area contributed by atoms with Gasteiger partial charge in [0.25, 0.3) is 0 Å². The Morgan fingerprint density at radius 1 is 1.50 bits per heavy atom. The average molecular weight is 212 g/mol. The van der Waals surface area contributed by atoms with E-state index in [0.29, 0.717) is 5.56 Å². The first kappa shape index (κ1) is 11.2. The quantitative estimate of drug-likeness (QED) is 0.703. The maximum atomic E-state index is 11.6. The normalized spacial score (nSPS) is 11.4. The van der Waals surface area contributed by atoms with Crippen LogP contribution in [0.1, 0.15) is 42.9 Å². The van der Waals surface area contributed by atoms with Gasteiger partial charge in [-0.1, -0.05) is 6.92 Å². The number of hydrogen-bond acceptors (Lipinski definition) is 3. The Balaban J connectivity index is 2.70. The van der Waals surface area contributed by atoms with Crippen LogP contribution >= 0.6 is 11.3 Å². The monoisotopic (exact) mass is 212 g/mol. The molecule has 0 N–H and O–H groups in total. The van der Waals surface area contributed by atoms with Crippen molar-refractivity contribution in [1.29, 1.82) is 0 Å². The summed E-state index contributed by atoms with van der Waals surface area (Å²) in [6.07, 6.45) is 0.966. The maximum Gasteiger partial charge on any atom is 0.339 e. The van der Waals surface area contributed by atoms with Crippen molar-refractivity contribution in [3.8, 4) is 0 Å². The number of hydrogen-bond donors (Lipinski definition) is 0. The lowest BCUT2D eigenvalue weighted by Gasteiger charge is -2.18. The van der Waals surface area contributed by atoms with Crippen molar-refractivity contribution in [1.82, 2.24) is 0 Å². The Labute approximate surface area is 88.9 Å². The van der Waals surface area contributed by atoms with Crippen LogP contribution in [0.4, 0.5) is 0 Å². The van der Waals surface area contributed by atoms with Crippen LogP contribution in [-0.4, -0.2) is 11.6 Å². The molecule has 0 aromatic carbocycles. The molecule has 0 bridgehead atoms. The smallest absolute Gasteiger partial charge is 0.339 e. The summed E-state index contributed by atoms with van der Waals surface area (Å²) in [4.78, 5) is 12.8. The number of ether oxygens (including phenoxy) is 1. The molecule has 1 aromatic heterocycles. The van der Waals surface area contributed by atoms with E-state index in [2.05, 4.69) is 6.92 Å². The molecule has 78 valence electrons. The highest BCUT2D eigenvalue weighted by atomic mass is 32.1. The molecule has 0 saturated carbocycles. The molecule has 1 heterocycles. The number of thiophene rings is 1. The summed E-state index contributed by atoms with van der Waals surface area (Å²) in [5, 5.41) is 1.85. The fourth-order valence-electron chi connectivity index (χ4n) is 1.01. The van der Waals surface area contributed by atoms with E-state index in [4.69, 9.17) is 4.74 Å². The van der Waals surface area contributed by atoms with Gasteiger partial charge in [-0.05, 0) is 33.3 Å². The first-order chi connectivity index (χ1) is 6.42. The molecule has 2 nitrogen and oxygen atoms in total. The molecule has 14 heavy (non-hydrogen) atoms. The second-order valence-corrected chi connectivity index (χ2v) is 5.15. The standard InChI is InChI=1S/C11H16O2S/c1-5-9-6-8(7-14-9)10(12)13-11(2,3)4/h6-7H,5H2,1-4H3. The molecule has 0 spiro atoms. The van der Waals surface area contributed by atoms with Gasteiger partial charge >= 0.3 is 5.97 Å². The Kier molecular flexibility index (Phi) is 3.32. The summed E-state index contributed by atoms with van der Waals surface area (Å²) in [7, 11) is 0. The third kappa shape index (κ3) is 3.14. The Hall–Kier alpha value is -0.830. The Bertz CT molecular complexity index is 320. The van der Waals surface area contributed by atoms with E-state index in [1.165, 1.54) is 4.88 Å². The molecule has 0 unspecified atom stereocenters. The van der Waals surface area contributed by atoms with Crippen LogP contribution in [0.5, 0.6) is 0 Å². The van der Waals surface area contributed by atoms with Gasteiger partial charge in [-0.3, -0.25) is 0 Å². The third-order valence-corrected chi connectivity index (χ3v) is 2.72. The van der Waals surface area contributed by atoms with Gasteiger partial charge in [0.2, 0.25) is 0 Å². The van der Waals surface area contributed by atoms with Crippen molar-refractivity contribution in [3.63, 3.8) is 0 Å². The molecule has 0 fully saturated rings. The van der Waals surface area contributed by atoms with E-state index in [1.54, 1.807) is 11.3 Å². The van der Waals surface area contributed by atoms with E-state index < -0.39 is 5.60 Å². The number of aryl methyl sites for hydroxylation is 1. The fourth-order valence-corrected chi connectivity index (χ4v) is 1.81. The molecule has 1 aromatic rings. The lowest BCUT2D eigenvalue weighted by atomic mass is 10.2. The predicted octanol–water partition coefficient (Wildman–Crippen LogP) is 3.27. The molecular weight excluding hydrogens is 196 g/mol. The molecule has 3 heteroatoms. The van der Waals surface area contributed by atoms with Crippen molar-refractivity contribution in [2.45, 2.75) is 39.7 Å². The van der Waals surface area contributed by atoms with Crippen molar-refractivity contribution in [3.05, 3.63) is 21.9 Å². The molecule has 0 atom stereocenters. The third-order valence-electron chi connectivity index (χ3n) is 1.64. The Morgan fingerprint density at radius 2 is 2.14 bits per heavy atom. The van der Waals surface area contributed by atoms with Gasteiger partial charge in [0.1, 0.15) is 5.60 Å². The first-order valence-electron chi connectivity index (χ1n) is 4.73. The number of rotatable bonds is 2. The summed E-state index contributed by atoms with van der Waals surface area (Å²) >= 11 is 1.60. The Morgan fingerprint density at radius 3 is 2.57 bits per heavy atom. The highest BCUT2D eigenvalue weighted by molar-refractivity contribution is 7.10. The van der Waals surface area contributed by atoms with Crippen LogP contribution in [0.3, 0.4) is 0 Å². The molecule has 0 aliphatic carbocycles. The fraction of sp³-hybridized carbons (Fsp3) is 0.545. The average Bonchev–Trinajstić information content (AvgIpc) is 2.48. The molecule has 0 saturated heterocycles. The van der Waals surface area contributed by atoms with Gasteiger partial charge in [-0.2, -0.15) is 0 Å². The highest BCUT2D eigenvalue weighted by Crippen LogP contribution is 2.18. The zero-order valence-corrected chi connectivity index (χ0v) is 9.90. The van der Waals surface area contributed by atoms with Crippen LogP contribution in [0.15, 0.2) is 11.4 Å². The van der Waals surface area contributed by atoms with E-state index in [1.807, 2.05) is 32.2 Å². The van der Waals surface area contributed by atoms with Gasteiger partial charge in [-0.15, -0.1) is 11.3 Å². The van der Waals surface area contributed by atoms with Crippen LogP contribution in [-0.2, 0) is 11.2 Å². The number of esters is 1. The summed E-state index contributed by atoms with van der Waals surface area (Å²) in [5.41, 5.74) is 0.257. The van der Waals surface area contributed by atoms with Crippen LogP contribution in [0.25, 0.3) is 0 Å². The minimum atomic E-state index is -0.411. The number of carbonyl (C=O) groups excluding carboxylic acids is 1. The zero-order valence-electron chi connectivity index (χ0n) is 9.09. The van der Waals surface area contributed by atoms with Crippen LogP contribution in [0, 0.1) is 0 Å². The minimum Gasteiger partial charge on any atom is -0.456 e. The van der Waals surface area contributed by atoms with Gasteiger partial charge in [-0.25, -0.2) is 4.79 Å². The van der Waals surface area contributed by atoms with Crippen LogP contribution < -0.4 is 0 Å². The summed E-state index contributed by atoms with van der Waals surface area (Å²) in [6, 6.07) is 1.90. The molecular formula is C11H16O2S. The van der Waals surface area contributed by atoms with Gasteiger partial charge in [0.15, 0.2) is 0 Å². The topological polar surface area (TPSA) is 26.3 Å². The summed E-state index contributed by atoms with van der Waals surface area (Å²) < 4.78 is 5.25. The van der Waals surface area contributed by atoms with E-state index >= 15 is 0 Å². The second kappa shape index (κ2) is 4.13. The molecule has 0 aliphatic heterocycles. The van der Waals surface area contributed by atoms with Crippen molar-refractivity contribution in [2.24, 2.45) is 0 Å². The summed E-state index contributed by atoms with van der Waals surface area (Å²) in [5.74, 6) is -0.228. The van der Waals surface area contributed by atoms with Crippen molar-refractivity contribution < 1.29 is 9.53 Å². The second-order valence-electron chi connectivity index (χ2n) is 4.16. The molecule has 0 radical (unpaired) electrons. The largest absolute Gasteiger partial charge is 0.456 e. The van der Waals surface area contributed by atoms with E-state index in [-0.39, 0.29) is 5.97 Å². The molecule has 1 rings (SSSR count). The van der Waals surface area contributed by atoms with Crippen molar-refractivity contribution >= 4 is 17.3 Å². The van der Waals surface area contributed by atoms with E-state index in [0.717, 1.165) is 6.42 Å². The SMILES string of the molecule is CCc1cc(C(=O)OC(C)(C)C)cs1. The van der Waals surface area contributed by atoms with Gasteiger partial charge in [0.05, 0.1) is 5.56 Å². The van der Waals surface area contributed by atoms with Crippen LogP contribution in [0.2, 0.25) is 0 Å². The molecule has 0 aliphatic rings. The van der Waals surface area contributed by atoms with E-state index in [9.17, 15) is 4.79 Å². The lowest BCUT2D eigenvalue weighted by molar-refractivity contribution is 0.00701. The van der Waals surface area contributed by atoms with Gasteiger partial charge in [0, 0.05) is 10.3 Å². The lowest BCUT2D eigenvalue weighted by Crippen LogP contribution is -2.23. The number of carbonyl (C=O) groups is 1. The minimum absolute atomic E-state index is 0.228. The highest BCUT2D eigenvalue weighted by Gasteiger charge is 2.18. The van der Waals surface area contributed by atoms with Crippen molar-refractivity contribution in [2.75, 3.05) is 0 Å². The maximum absolute atomic E-state index is 11.6. The zero-order chi connectivity index (χ0) is 10.8. The summed E-state index contributed by atoms with van der Waals surface area (Å²) in [6.45, 7) is 7.69. The molecule has 0 amide bonds. The first-order valence-corrected chi connectivity index (χ1v) is 5.61.